The molecule has 2 atom stereocenters. The van der Waals surface area contributed by atoms with Crippen molar-refractivity contribution in [3.8, 4) is 22.8 Å². The van der Waals surface area contributed by atoms with Crippen molar-refractivity contribution in [3.63, 3.8) is 0 Å². The third-order valence-corrected chi connectivity index (χ3v) is 11.3. The molecular formula is C41H43F2IN6O4. The molecule has 2 aliphatic heterocycles. The topological polar surface area (TPSA) is 93.2 Å². The molecule has 54 heavy (non-hydrogen) atoms. The zero-order valence-electron chi connectivity index (χ0n) is 31.2. The molecule has 2 fully saturated rings. The van der Waals surface area contributed by atoms with E-state index >= 15 is 8.78 Å². The molecule has 0 radical (unpaired) electrons. The molecule has 0 N–H and O–H groups in total. The second-order valence-corrected chi connectivity index (χ2v) is 15.9. The standard InChI is InChI=1S/C41H43F2IN6O4/c1-24-19-33(48(20-25-7-13-29(52-5)14-8-25)21-26-9-15-30(53-6)16-10-26)45-37(35(24)44)31-17-18-32-36(34(31)42)46-39(43)47-38(32)49-22-27-11-12-28(23-49)50(27)40(51)54-41(2,3)4/h7-10,13-19,27-28H,11-12,20-23H2,1-6H3. The number of nitrogens with zero attached hydrogens (tertiary/aromatic N) is 6. The van der Waals surface area contributed by atoms with Gasteiger partial charge in [0.25, 0.3) is 0 Å². The van der Waals surface area contributed by atoms with Gasteiger partial charge in [-0.3, -0.25) is 4.90 Å². The molecule has 2 aliphatic rings. The summed E-state index contributed by atoms with van der Waals surface area (Å²) in [6, 6.07) is 20.9. The number of methoxy groups -OCH3 is 2. The van der Waals surface area contributed by atoms with Crippen molar-refractivity contribution < 1.29 is 27.8 Å². The van der Waals surface area contributed by atoms with Gasteiger partial charge in [-0.15, -0.1) is 0 Å². The quantitative estimate of drug-likeness (QED) is 0.107. The van der Waals surface area contributed by atoms with Crippen LogP contribution in [0.15, 0.2) is 66.7 Å². The van der Waals surface area contributed by atoms with Gasteiger partial charge in [0.1, 0.15) is 34.3 Å². The molecule has 0 saturated carbocycles. The minimum atomic E-state index is -1.02. The lowest BCUT2D eigenvalue weighted by molar-refractivity contribution is 0.0122. The van der Waals surface area contributed by atoms with Gasteiger partial charge >= 0.3 is 12.2 Å². The summed E-state index contributed by atoms with van der Waals surface area (Å²) in [6.45, 7) is 9.39. The highest BCUT2D eigenvalue weighted by Crippen LogP contribution is 2.39. The van der Waals surface area contributed by atoms with E-state index in [4.69, 9.17) is 19.2 Å². The highest BCUT2D eigenvalue weighted by molar-refractivity contribution is 14.1. The van der Waals surface area contributed by atoms with Crippen molar-refractivity contribution >= 4 is 51.2 Å². The van der Waals surface area contributed by atoms with Crippen molar-refractivity contribution in [2.75, 3.05) is 37.1 Å². The summed E-state index contributed by atoms with van der Waals surface area (Å²) in [5.41, 5.74) is 2.91. The second-order valence-electron chi connectivity index (χ2n) is 14.8. The SMILES string of the molecule is COc1ccc(CN(Cc2ccc(OC)cc2)c2cc(C)c(I)c(-c3ccc4c(N5CC6CCC(C5)N6C(=O)OC(C)(C)C)nc(F)nc4c3F)n2)cc1. The Hall–Kier alpha value is -4.79. The first-order chi connectivity index (χ1) is 25.8. The zero-order chi connectivity index (χ0) is 38.3. The Balaban J connectivity index is 1.24. The van der Waals surface area contributed by atoms with E-state index in [1.807, 2.05) is 87.2 Å². The summed E-state index contributed by atoms with van der Waals surface area (Å²) >= 11 is 2.19. The highest BCUT2D eigenvalue weighted by Gasteiger charge is 2.45. The van der Waals surface area contributed by atoms with E-state index in [-0.39, 0.29) is 29.3 Å². The molecular weight excluding hydrogens is 805 g/mol. The van der Waals surface area contributed by atoms with Gasteiger partial charge < -0.3 is 24.0 Å². The molecule has 7 rings (SSSR count). The Bertz CT molecular complexity index is 2120. The number of aromatic nitrogens is 3. The number of carbonyl (C=O) groups excluding carboxylic acids is 1. The van der Waals surface area contributed by atoms with E-state index in [1.165, 1.54) is 0 Å². The van der Waals surface area contributed by atoms with Gasteiger partial charge in [-0.2, -0.15) is 14.4 Å². The first-order valence-electron chi connectivity index (χ1n) is 17.9. The molecule has 282 valence electrons. The van der Waals surface area contributed by atoms with Crippen LogP contribution in [0, 0.1) is 22.4 Å². The van der Waals surface area contributed by atoms with Gasteiger partial charge in [0.05, 0.1) is 32.0 Å². The number of halogens is 3. The Morgan fingerprint density at radius 1 is 0.870 bits per heavy atom. The van der Waals surface area contributed by atoms with Gasteiger partial charge in [-0.25, -0.2) is 14.2 Å². The summed E-state index contributed by atoms with van der Waals surface area (Å²) in [5.74, 6) is 1.81. The number of carbonyl (C=O) groups is 1. The monoisotopic (exact) mass is 848 g/mol. The number of anilines is 2. The lowest BCUT2D eigenvalue weighted by Crippen LogP contribution is -2.57. The minimum Gasteiger partial charge on any atom is -0.497 e. The van der Waals surface area contributed by atoms with E-state index in [2.05, 4.69) is 37.5 Å². The van der Waals surface area contributed by atoms with Crippen molar-refractivity contribution in [2.45, 2.75) is 71.3 Å². The normalized spacial score (nSPS) is 16.8. The number of ether oxygens (including phenoxy) is 3. The predicted octanol–water partition coefficient (Wildman–Crippen LogP) is 8.70. The fraction of sp³-hybridized carbons (Fsp3) is 0.366. The van der Waals surface area contributed by atoms with E-state index in [1.54, 1.807) is 31.3 Å². The average Bonchev–Trinajstić information content (AvgIpc) is 3.42. The number of pyridine rings is 1. The van der Waals surface area contributed by atoms with Crippen LogP contribution in [0.25, 0.3) is 22.2 Å². The van der Waals surface area contributed by atoms with Crippen molar-refractivity contribution in [2.24, 2.45) is 0 Å². The van der Waals surface area contributed by atoms with Gasteiger partial charge in [0, 0.05) is 40.7 Å². The fourth-order valence-corrected chi connectivity index (χ4v) is 7.90. The first kappa shape index (κ1) is 37.5. The molecule has 2 unspecified atom stereocenters. The zero-order valence-corrected chi connectivity index (χ0v) is 33.4. The fourth-order valence-electron chi connectivity index (χ4n) is 7.33. The summed E-state index contributed by atoms with van der Waals surface area (Å²) in [6.07, 6.45) is 0.208. The number of fused-ring (bicyclic) bond motifs is 3. The number of benzene rings is 3. The Morgan fingerprint density at radius 3 is 1.98 bits per heavy atom. The highest BCUT2D eigenvalue weighted by atomic mass is 127. The van der Waals surface area contributed by atoms with Crippen LogP contribution in [0.3, 0.4) is 0 Å². The third kappa shape index (κ3) is 7.73. The smallest absolute Gasteiger partial charge is 0.410 e. The van der Waals surface area contributed by atoms with E-state index in [0.29, 0.717) is 48.9 Å². The minimum absolute atomic E-state index is 0.120. The molecule has 2 saturated heterocycles. The van der Waals surface area contributed by atoms with E-state index in [0.717, 1.165) is 44.6 Å². The van der Waals surface area contributed by atoms with Crippen LogP contribution in [0.5, 0.6) is 11.5 Å². The maximum Gasteiger partial charge on any atom is 0.410 e. The molecule has 13 heteroatoms. The molecule has 2 bridgehead atoms. The van der Waals surface area contributed by atoms with Crippen LogP contribution in [-0.2, 0) is 17.8 Å². The van der Waals surface area contributed by atoms with Crippen LogP contribution in [0.2, 0.25) is 0 Å². The number of piperazine rings is 1. The first-order valence-corrected chi connectivity index (χ1v) is 19.0. The molecule has 1 amide bonds. The van der Waals surface area contributed by atoms with Crippen molar-refractivity contribution in [1.82, 2.24) is 19.9 Å². The summed E-state index contributed by atoms with van der Waals surface area (Å²) < 4.78 is 49.3. The van der Waals surface area contributed by atoms with Crippen molar-refractivity contribution in [1.29, 1.82) is 0 Å². The van der Waals surface area contributed by atoms with Crippen LogP contribution >= 0.6 is 22.6 Å². The lowest BCUT2D eigenvalue weighted by atomic mass is 10.0. The molecule has 10 nitrogen and oxygen atoms in total. The van der Waals surface area contributed by atoms with E-state index in [9.17, 15) is 4.79 Å². The summed E-state index contributed by atoms with van der Waals surface area (Å²) in [4.78, 5) is 32.2. The molecule has 5 aromatic rings. The average molecular weight is 849 g/mol. The Kier molecular flexibility index (Phi) is 10.5. The summed E-state index contributed by atoms with van der Waals surface area (Å²) in [7, 11) is 3.27. The molecule has 3 aromatic carbocycles. The molecule has 4 heterocycles. The Morgan fingerprint density at radius 2 is 1.44 bits per heavy atom. The Labute approximate surface area is 327 Å². The molecule has 2 aromatic heterocycles. The molecule has 0 aliphatic carbocycles. The van der Waals surface area contributed by atoms with Crippen LogP contribution in [0.1, 0.15) is 50.3 Å². The van der Waals surface area contributed by atoms with Gasteiger partial charge in [-0.1, -0.05) is 24.3 Å². The van der Waals surface area contributed by atoms with Crippen LogP contribution in [0.4, 0.5) is 25.2 Å². The largest absolute Gasteiger partial charge is 0.497 e. The predicted molar refractivity (Wildman–Crippen MR) is 213 cm³/mol. The maximum atomic E-state index is 16.8. The number of aryl methyl sites for hydroxylation is 1. The van der Waals surface area contributed by atoms with E-state index < -0.39 is 17.5 Å². The van der Waals surface area contributed by atoms with Crippen molar-refractivity contribution in [3.05, 3.63) is 98.9 Å². The van der Waals surface area contributed by atoms with Crippen LogP contribution < -0.4 is 19.3 Å². The van der Waals surface area contributed by atoms with Crippen LogP contribution in [-0.4, -0.2) is 70.9 Å². The second kappa shape index (κ2) is 15.2. The maximum absolute atomic E-state index is 16.8. The number of rotatable bonds is 9. The number of amides is 1. The lowest BCUT2D eigenvalue weighted by Gasteiger charge is -2.42. The van der Waals surface area contributed by atoms with Gasteiger partial charge in [0.15, 0.2) is 5.82 Å². The third-order valence-electron chi connectivity index (χ3n) is 9.92. The molecule has 0 spiro atoms. The van der Waals surface area contributed by atoms with Gasteiger partial charge in [0.2, 0.25) is 0 Å². The summed E-state index contributed by atoms with van der Waals surface area (Å²) in [5, 5.41) is 0.395. The number of hydrogen-bond donors (Lipinski definition) is 0. The number of hydrogen-bond acceptors (Lipinski definition) is 9. The van der Waals surface area contributed by atoms with Gasteiger partial charge in [-0.05, 0) is 122 Å².